The minimum absolute atomic E-state index is 0.0193. The van der Waals surface area contributed by atoms with Crippen molar-refractivity contribution in [1.82, 2.24) is 19.9 Å². The smallest absolute Gasteiger partial charge is 0.368 e. The third kappa shape index (κ3) is 3.73. The summed E-state index contributed by atoms with van der Waals surface area (Å²) in [6.45, 7) is 2.04. The first-order valence-corrected chi connectivity index (χ1v) is 10.3. The van der Waals surface area contributed by atoms with E-state index in [2.05, 4.69) is 25.3 Å². The molecule has 0 saturated carbocycles. The molecule has 1 unspecified atom stereocenters. The number of nitrogens with zero attached hydrogens (tertiary/aromatic N) is 5. The van der Waals surface area contributed by atoms with Crippen molar-refractivity contribution in [1.29, 1.82) is 0 Å². The molecule has 3 N–H and O–H groups in total. The van der Waals surface area contributed by atoms with E-state index in [1.165, 1.54) is 24.4 Å². The summed E-state index contributed by atoms with van der Waals surface area (Å²) in [5.41, 5.74) is 6.83. The summed E-state index contributed by atoms with van der Waals surface area (Å²) in [4.78, 5) is 21.6. The zero-order chi connectivity index (χ0) is 23.2. The minimum Gasteiger partial charge on any atom is -0.368 e. The molecule has 166 valence electrons. The molecule has 4 aromatic rings. The van der Waals surface area contributed by atoms with Crippen LogP contribution in [0.2, 0.25) is 0 Å². The summed E-state index contributed by atoms with van der Waals surface area (Å²) >= 11 is 0. The Balaban J connectivity index is 1.68. The number of aliphatic imine (C=N–C) groups is 1. The topological polar surface area (TPSA) is 102 Å². The molecule has 0 fully saturated rings. The average molecular weight is 449 g/mol. The molecule has 0 saturated heterocycles. The standard InChI is InChI=1S/C23H18F3N7/c1-2-17-12-7-3-4-8-13(12)18(29-17)30-20-15-11-28-22(27)33-21(15)32-19(31-20)14-9-5-6-10-16(14)23(24,25)26/h3-11,17H,2H2,1H3,(H3,27,28,29,30,31,32,33). The van der Waals surface area contributed by atoms with E-state index in [4.69, 9.17) is 10.7 Å². The number of amidine groups is 1. The summed E-state index contributed by atoms with van der Waals surface area (Å²) in [5.74, 6) is 0.647. The highest BCUT2D eigenvalue weighted by Crippen LogP contribution is 2.37. The second-order valence-electron chi connectivity index (χ2n) is 7.52. The normalized spacial score (nSPS) is 15.4. The number of fused-ring (bicyclic) bond motifs is 2. The summed E-state index contributed by atoms with van der Waals surface area (Å²) in [5, 5.41) is 3.60. The SMILES string of the molecule is CCC1N=C(Nc2nc(-c3ccccc3C(F)(F)F)nc3nc(N)ncc23)c2ccccc21. The first-order chi connectivity index (χ1) is 15.8. The molecule has 1 aliphatic rings. The highest BCUT2D eigenvalue weighted by molar-refractivity contribution is 6.13. The maximum Gasteiger partial charge on any atom is 0.417 e. The van der Waals surface area contributed by atoms with Crippen LogP contribution in [0.4, 0.5) is 24.9 Å². The van der Waals surface area contributed by atoms with Crippen molar-refractivity contribution >= 4 is 28.6 Å². The zero-order valence-electron chi connectivity index (χ0n) is 17.4. The maximum absolute atomic E-state index is 13.7. The van der Waals surface area contributed by atoms with E-state index in [0.717, 1.165) is 23.6 Å². The second-order valence-corrected chi connectivity index (χ2v) is 7.52. The maximum atomic E-state index is 13.7. The van der Waals surface area contributed by atoms with Gasteiger partial charge in [0.1, 0.15) is 11.7 Å². The molecule has 1 aliphatic heterocycles. The first kappa shape index (κ1) is 20.8. The third-order valence-corrected chi connectivity index (χ3v) is 5.43. The number of halogens is 3. The molecule has 3 heterocycles. The summed E-state index contributed by atoms with van der Waals surface area (Å²) < 4.78 is 41.0. The van der Waals surface area contributed by atoms with Gasteiger partial charge in [-0.3, -0.25) is 4.99 Å². The number of benzene rings is 2. The number of hydrogen-bond acceptors (Lipinski definition) is 7. The van der Waals surface area contributed by atoms with E-state index in [1.807, 2.05) is 31.2 Å². The van der Waals surface area contributed by atoms with E-state index >= 15 is 0 Å². The fourth-order valence-electron chi connectivity index (χ4n) is 3.89. The number of rotatable bonds is 3. The summed E-state index contributed by atoms with van der Waals surface area (Å²) in [7, 11) is 0. The molecule has 0 aliphatic carbocycles. The number of nitrogen functional groups attached to an aromatic ring is 1. The van der Waals surface area contributed by atoms with Crippen LogP contribution in [0.25, 0.3) is 22.4 Å². The molecule has 2 aromatic heterocycles. The molecule has 0 radical (unpaired) electrons. The lowest BCUT2D eigenvalue weighted by molar-refractivity contribution is -0.137. The summed E-state index contributed by atoms with van der Waals surface area (Å²) in [6.07, 6.45) is -2.33. The molecule has 0 spiro atoms. The van der Waals surface area contributed by atoms with Gasteiger partial charge in [-0.1, -0.05) is 49.4 Å². The fourth-order valence-corrected chi connectivity index (χ4v) is 3.89. The van der Waals surface area contributed by atoms with Gasteiger partial charge < -0.3 is 11.1 Å². The van der Waals surface area contributed by atoms with Crippen LogP contribution in [0.15, 0.2) is 59.7 Å². The number of aromatic nitrogens is 4. The molecule has 0 amide bonds. The van der Waals surface area contributed by atoms with Crippen molar-refractivity contribution in [3.05, 3.63) is 71.4 Å². The Bertz CT molecular complexity index is 1400. The number of nitrogens with one attached hydrogen (secondary N) is 1. The Kier molecular flexibility index (Phi) is 4.92. The van der Waals surface area contributed by atoms with E-state index in [-0.39, 0.29) is 34.8 Å². The zero-order valence-corrected chi connectivity index (χ0v) is 17.4. The number of anilines is 2. The average Bonchev–Trinajstić information content (AvgIpc) is 3.16. The van der Waals surface area contributed by atoms with Gasteiger partial charge in [-0.15, -0.1) is 0 Å². The fraction of sp³-hybridized carbons (Fsp3) is 0.174. The molecule has 0 bridgehead atoms. The van der Waals surface area contributed by atoms with Crippen LogP contribution in [-0.2, 0) is 6.18 Å². The Morgan fingerprint density at radius 2 is 1.70 bits per heavy atom. The van der Waals surface area contributed by atoms with Gasteiger partial charge in [-0.25, -0.2) is 15.0 Å². The van der Waals surface area contributed by atoms with Crippen LogP contribution in [0, 0.1) is 0 Å². The first-order valence-electron chi connectivity index (χ1n) is 10.3. The molecular formula is C23H18F3N7. The van der Waals surface area contributed by atoms with Gasteiger partial charge in [0, 0.05) is 17.3 Å². The van der Waals surface area contributed by atoms with Crippen LogP contribution < -0.4 is 11.1 Å². The monoisotopic (exact) mass is 449 g/mol. The Hall–Kier alpha value is -4.08. The number of nitrogens with two attached hydrogens (primary N) is 1. The van der Waals surface area contributed by atoms with Crippen LogP contribution in [0.5, 0.6) is 0 Å². The highest BCUT2D eigenvalue weighted by Gasteiger charge is 2.34. The van der Waals surface area contributed by atoms with Crippen LogP contribution in [-0.4, -0.2) is 25.8 Å². The van der Waals surface area contributed by atoms with Crippen molar-refractivity contribution in [2.24, 2.45) is 4.99 Å². The predicted molar refractivity (Wildman–Crippen MR) is 120 cm³/mol. The molecule has 7 nitrogen and oxygen atoms in total. The molecule has 33 heavy (non-hydrogen) atoms. The highest BCUT2D eigenvalue weighted by atomic mass is 19.4. The van der Waals surface area contributed by atoms with E-state index in [0.29, 0.717) is 11.2 Å². The Morgan fingerprint density at radius 1 is 0.970 bits per heavy atom. The lowest BCUT2D eigenvalue weighted by Crippen LogP contribution is -2.15. The van der Waals surface area contributed by atoms with Gasteiger partial charge >= 0.3 is 6.18 Å². The second kappa shape index (κ2) is 7.80. The molecule has 1 atom stereocenters. The van der Waals surface area contributed by atoms with E-state index < -0.39 is 11.7 Å². The molecule has 10 heteroatoms. The van der Waals surface area contributed by atoms with Gasteiger partial charge in [0.15, 0.2) is 11.5 Å². The van der Waals surface area contributed by atoms with Gasteiger partial charge in [0.05, 0.1) is 17.0 Å². The number of hydrogen-bond donors (Lipinski definition) is 2. The minimum atomic E-state index is -4.57. The number of alkyl halides is 3. The van der Waals surface area contributed by atoms with E-state index in [1.54, 1.807) is 0 Å². The predicted octanol–water partition coefficient (Wildman–Crippen LogP) is 5.01. The van der Waals surface area contributed by atoms with Crippen molar-refractivity contribution in [2.45, 2.75) is 25.6 Å². The van der Waals surface area contributed by atoms with Gasteiger partial charge in [0.25, 0.3) is 0 Å². The molecular weight excluding hydrogens is 431 g/mol. The lowest BCUT2D eigenvalue weighted by atomic mass is 10.0. The van der Waals surface area contributed by atoms with Crippen LogP contribution >= 0.6 is 0 Å². The third-order valence-electron chi connectivity index (χ3n) is 5.43. The lowest BCUT2D eigenvalue weighted by Gasteiger charge is -2.14. The quantitative estimate of drug-likeness (QED) is 0.456. The molecule has 5 rings (SSSR count). The van der Waals surface area contributed by atoms with Crippen molar-refractivity contribution < 1.29 is 13.2 Å². The largest absolute Gasteiger partial charge is 0.417 e. The van der Waals surface area contributed by atoms with Gasteiger partial charge in [-0.2, -0.15) is 18.2 Å². The van der Waals surface area contributed by atoms with Gasteiger partial charge in [-0.05, 0) is 18.1 Å². The van der Waals surface area contributed by atoms with Crippen LogP contribution in [0.3, 0.4) is 0 Å². The van der Waals surface area contributed by atoms with Crippen molar-refractivity contribution in [3.8, 4) is 11.4 Å². The Morgan fingerprint density at radius 3 is 2.45 bits per heavy atom. The van der Waals surface area contributed by atoms with E-state index in [9.17, 15) is 13.2 Å². The van der Waals surface area contributed by atoms with Gasteiger partial charge in [0.2, 0.25) is 5.95 Å². The summed E-state index contributed by atoms with van der Waals surface area (Å²) in [6, 6.07) is 12.9. The molecule has 2 aromatic carbocycles. The van der Waals surface area contributed by atoms with Crippen molar-refractivity contribution in [3.63, 3.8) is 0 Å². The van der Waals surface area contributed by atoms with Crippen LogP contribution in [0.1, 0.15) is 36.1 Å². The van der Waals surface area contributed by atoms with Crippen molar-refractivity contribution in [2.75, 3.05) is 11.1 Å². The Labute approximate surface area is 186 Å².